The maximum absolute atomic E-state index is 11.3. The average Bonchev–Trinajstić information content (AvgIpc) is 2.37. The molecule has 0 radical (unpaired) electrons. The van der Waals surface area contributed by atoms with Crippen molar-refractivity contribution in [1.82, 2.24) is 15.6 Å². The van der Waals surface area contributed by atoms with Gasteiger partial charge in [0, 0.05) is 24.9 Å². The summed E-state index contributed by atoms with van der Waals surface area (Å²) in [5.41, 5.74) is 0.828. The van der Waals surface area contributed by atoms with Gasteiger partial charge in [0.15, 0.2) is 6.04 Å². The van der Waals surface area contributed by atoms with Crippen LogP contribution in [-0.2, 0) is 11.2 Å². The van der Waals surface area contributed by atoms with Crippen LogP contribution in [0.2, 0.25) is 0 Å². The van der Waals surface area contributed by atoms with E-state index in [0.29, 0.717) is 13.0 Å². The number of amides is 2. The molecule has 0 unspecified atom stereocenters. The molecule has 1 atom stereocenters. The van der Waals surface area contributed by atoms with E-state index in [1.54, 1.807) is 12.3 Å². The van der Waals surface area contributed by atoms with Gasteiger partial charge in [-0.05, 0) is 12.1 Å². The summed E-state index contributed by atoms with van der Waals surface area (Å²) in [6, 6.07) is 3.54. The highest BCUT2D eigenvalue weighted by molar-refractivity contribution is 5.82. The molecule has 7 heteroatoms. The fourth-order valence-corrected chi connectivity index (χ4v) is 1.24. The Kier molecular flexibility index (Phi) is 5.59. The molecule has 1 heterocycles. The number of carboxylic acids is 1. The molecular formula is C11H15N3O4. The van der Waals surface area contributed by atoms with Crippen molar-refractivity contribution in [3.8, 4) is 0 Å². The number of hydrogen-bond acceptors (Lipinski definition) is 4. The molecule has 0 fully saturated rings. The topological polar surface area (TPSA) is 112 Å². The Bertz CT molecular complexity index is 397. The van der Waals surface area contributed by atoms with Crippen LogP contribution in [-0.4, -0.2) is 46.4 Å². The number of nitrogens with zero attached hydrogens (tertiary/aromatic N) is 1. The molecule has 2 amide bonds. The van der Waals surface area contributed by atoms with Gasteiger partial charge in [-0.2, -0.15) is 0 Å². The number of aliphatic carboxylic acids is 1. The Morgan fingerprint density at radius 2 is 2.17 bits per heavy atom. The summed E-state index contributed by atoms with van der Waals surface area (Å²) in [5, 5.41) is 21.9. The maximum atomic E-state index is 11.3. The van der Waals surface area contributed by atoms with Crippen LogP contribution < -0.4 is 10.6 Å². The molecular weight excluding hydrogens is 238 g/mol. The van der Waals surface area contributed by atoms with Crippen LogP contribution in [0.5, 0.6) is 0 Å². The summed E-state index contributed by atoms with van der Waals surface area (Å²) in [6.07, 6.45) is 2.20. The highest BCUT2D eigenvalue weighted by atomic mass is 16.4. The van der Waals surface area contributed by atoms with Crippen LogP contribution >= 0.6 is 0 Å². The van der Waals surface area contributed by atoms with Crippen molar-refractivity contribution >= 4 is 12.0 Å². The van der Waals surface area contributed by atoms with Crippen molar-refractivity contribution in [3.63, 3.8) is 0 Å². The van der Waals surface area contributed by atoms with Crippen LogP contribution in [0.25, 0.3) is 0 Å². The van der Waals surface area contributed by atoms with Crippen molar-refractivity contribution in [2.75, 3.05) is 13.2 Å². The Morgan fingerprint density at radius 3 is 2.72 bits per heavy atom. The smallest absolute Gasteiger partial charge is 0.328 e. The number of rotatable bonds is 6. The minimum atomic E-state index is -1.29. The molecule has 98 valence electrons. The highest BCUT2D eigenvalue weighted by Gasteiger charge is 2.17. The molecule has 1 aromatic rings. The third-order valence-electron chi connectivity index (χ3n) is 2.18. The summed E-state index contributed by atoms with van der Waals surface area (Å²) >= 11 is 0. The van der Waals surface area contributed by atoms with Gasteiger partial charge in [0.1, 0.15) is 0 Å². The summed E-state index contributed by atoms with van der Waals surface area (Å²) in [7, 11) is 0. The molecule has 0 saturated heterocycles. The fraction of sp³-hybridized carbons (Fsp3) is 0.364. The zero-order valence-corrected chi connectivity index (χ0v) is 9.67. The van der Waals surface area contributed by atoms with E-state index in [4.69, 9.17) is 10.2 Å². The standard InChI is InChI=1S/C11H15N3O4/c15-7-9(10(16)17)14-11(18)13-6-4-8-3-1-2-5-12-8/h1-3,5,9,15H,4,6-7H2,(H,16,17)(H2,13,14,18)/t9-/m1/s1. The highest BCUT2D eigenvalue weighted by Crippen LogP contribution is 1.93. The van der Waals surface area contributed by atoms with Crippen LogP contribution in [0.4, 0.5) is 4.79 Å². The second-order valence-corrected chi connectivity index (χ2v) is 3.54. The van der Waals surface area contributed by atoms with E-state index in [2.05, 4.69) is 15.6 Å². The van der Waals surface area contributed by atoms with Crippen molar-refractivity contribution in [2.24, 2.45) is 0 Å². The van der Waals surface area contributed by atoms with E-state index in [-0.39, 0.29) is 0 Å². The molecule has 1 rings (SSSR count). The number of carboxylic acid groups (broad SMARTS) is 1. The lowest BCUT2D eigenvalue weighted by Gasteiger charge is -2.12. The van der Waals surface area contributed by atoms with E-state index in [1.807, 2.05) is 12.1 Å². The lowest BCUT2D eigenvalue weighted by molar-refractivity contribution is -0.140. The molecule has 0 aliphatic heterocycles. The number of aliphatic hydroxyl groups excluding tert-OH is 1. The number of pyridine rings is 1. The van der Waals surface area contributed by atoms with Gasteiger partial charge in [-0.1, -0.05) is 6.07 Å². The quantitative estimate of drug-likeness (QED) is 0.539. The van der Waals surface area contributed by atoms with Gasteiger partial charge in [-0.15, -0.1) is 0 Å². The van der Waals surface area contributed by atoms with Gasteiger partial charge in [-0.3, -0.25) is 4.98 Å². The molecule has 0 saturated carbocycles. The first-order valence-electron chi connectivity index (χ1n) is 5.41. The lowest BCUT2D eigenvalue weighted by Crippen LogP contribution is -2.48. The fourth-order valence-electron chi connectivity index (χ4n) is 1.24. The van der Waals surface area contributed by atoms with Crippen molar-refractivity contribution in [2.45, 2.75) is 12.5 Å². The van der Waals surface area contributed by atoms with Gasteiger partial charge < -0.3 is 20.8 Å². The Balaban J connectivity index is 2.27. The summed E-state index contributed by atoms with van der Waals surface area (Å²) < 4.78 is 0. The lowest BCUT2D eigenvalue weighted by atomic mass is 10.3. The predicted molar refractivity (Wildman–Crippen MR) is 63.0 cm³/mol. The number of urea groups is 1. The van der Waals surface area contributed by atoms with Gasteiger partial charge in [0.25, 0.3) is 0 Å². The van der Waals surface area contributed by atoms with Crippen molar-refractivity contribution in [3.05, 3.63) is 30.1 Å². The van der Waals surface area contributed by atoms with Gasteiger partial charge in [-0.25, -0.2) is 9.59 Å². The molecule has 18 heavy (non-hydrogen) atoms. The zero-order valence-electron chi connectivity index (χ0n) is 9.67. The largest absolute Gasteiger partial charge is 0.480 e. The molecule has 0 aliphatic carbocycles. The molecule has 1 aromatic heterocycles. The minimum absolute atomic E-state index is 0.334. The minimum Gasteiger partial charge on any atom is -0.480 e. The van der Waals surface area contributed by atoms with E-state index >= 15 is 0 Å². The first kappa shape index (κ1) is 13.9. The van der Waals surface area contributed by atoms with E-state index in [0.717, 1.165) is 5.69 Å². The van der Waals surface area contributed by atoms with Gasteiger partial charge in [0.05, 0.1) is 6.61 Å². The summed E-state index contributed by atoms with van der Waals surface area (Å²) in [5.74, 6) is -1.28. The maximum Gasteiger partial charge on any atom is 0.328 e. The third kappa shape index (κ3) is 4.79. The zero-order chi connectivity index (χ0) is 13.4. The number of hydrogen-bond donors (Lipinski definition) is 4. The van der Waals surface area contributed by atoms with Crippen LogP contribution in [0.1, 0.15) is 5.69 Å². The van der Waals surface area contributed by atoms with E-state index in [1.165, 1.54) is 0 Å². The number of aliphatic hydroxyl groups is 1. The Hall–Kier alpha value is -2.15. The third-order valence-corrected chi connectivity index (χ3v) is 2.18. The molecule has 0 bridgehead atoms. The molecule has 0 aliphatic rings. The number of carbonyl (C=O) groups excluding carboxylic acids is 1. The first-order valence-corrected chi connectivity index (χ1v) is 5.41. The molecule has 7 nitrogen and oxygen atoms in total. The Labute approximate surface area is 104 Å². The SMILES string of the molecule is O=C(NCCc1ccccn1)N[C@H](CO)C(=O)O. The van der Waals surface area contributed by atoms with Gasteiger partial charge >= 0.3 is 12.0 Å². The number of nitrogens with one attached hydrogen (secondary N) is 2. The predicted octanol–water partition coefficient (Wildman–Crippen LogP) is -0.631. The molecule has 0 spiro atoms. The van der Waals surface area contributed by atoms with E-state index in [9.17, 15) is 9.59 Å². The van der Waals surface area contributed by atoms with Crippen molar-refractivity contribution in [1.29, 1.82) is 0 Å². The second-order valence-electron chi connectivity index (χ2n) is 3.54. The summed E-state index contributed by atoms with van der Waals surface area (Å²) in [6.45, 7) is -0.316. The number of carbonyl (C=O) groups is 2. The average molecular weight is 253 g/mol. The van der Waals surface area contributed by atoms with Crippen LogP contribution in [0.15, 0.2) is 24.4 Å². The molecule has 0 aromatic carbocycles. The molecule has 4 N–H and O–H groups in total. The van der Waals surface area contributed by atoms with Crippen LogP contribution in [0, 0.1) is 0 Å². The Morgan fingerprint density at radius 1 is 1.39 bits per heavy atom. The van der Waals surface area contributed by atoms with Crippen molar-refractivity contribution < 1.29 is 19.8 Å². The van der Waals surface area contributed by atoms with Gasteiger partial charge in [0.2, 0.25) is 0 Å². The normalized spacial score (nSPS) is 11.6. The van der Waals surface area contributed by atoms with Crippen LogP contribution in [0.3, 0.4) is 0 Å². The number of aromatic nitrogens is 1. The second kappa shape index (κ2) is 7.23. The monoisotopic (exact) mass is 253 g/mol. The summed E-state index contributed by atoms with van der Waals surface area (Å²) in [4.78, 5) is 25.9. The van der Waals surface area contributed by atoms with E-state index < -0.39 is 24.6 Å². The first-order chi connectivity index (χ1) is 8.63.